The molecule has 106 valence electrons. The van der Waals surface area contributed by atoms with Crippen molar-refractivity contribution in [3.8, 4) is 0 Å². The van der Waals surface area contributed by atoms with Crippen molar-refractivity contribution in [3.05, 3.63) is 17.3 Å². The molecular weight excluding hydrogens is 274 g/mol. The first-order chi connectivity index (χ1) is 9.66. The Labute approximate surface area is 121 Å². The second-order valence-electron chi connectivity index (χ2n) is 5.25. The predicted octanol–water partition coefficient (Wildman–Crippen LogP) is 2.83. The third kappa shape index (κ3) is 2.35. The molecule has 0 amide bonds. The second kappa shape index (κ2) is 5.36. The average molecular weight is 291 g/mol. The van der Waals surface area contributed by atoms with E-state index in [1.54, 1.807) is 17.7 Å². The van der Waals surface area contributed by atoms with Gasteiger partial charge in [0.1, 0.15) is 12.9 Å². The van der Waals surface area contributed by atoms with Gasteiger partial charge in [0.05, 0.1) is 10.2 Å². The molecule has 0 bridgehead atoms. The second-order valence-corrected chi connectivity index (χ2v) is 6.13. The molecule has 0 atom stereocenters. The number of hydrogen-bond donors (Lipinski definition) is 1. The van der Waals surface area contributed by atoms with Gasteiger partial charge >= 0.3 is 5.97 Å². The van der Waals surface area contributed by atoms with E-state index in [0.29, 0.717) is 0 Å². The van der Waals surface area contributed by atoms with Crippen molar-refractivity contribution in [2.24, 2.45) is 0 Å². The smallest absolute Gasteiger partial charge is 0.323 e. The van der Waals surface area contributed by atoms with Gasteiger partial charge in [0.25, 0.3) is 0 Å². The highest BCUT2D eigenvalue weighted by molar-refractivity contribution is 7.18. The van der Waals surface area contributed by atoms with Gasteiger partial charge in [-0.1, -0.05) is 12.8 Å². The molecular formula is C14H17N3O2S. The van der Waals surface area contributed by atoms with Crippen LogP contribution >= 0.6 is 11.3 Å². The van der Waals surface area contributed by atoms with Crippen LogP contribution in [0.15, 0.2) is 11.7 Å². The van der Waals surface area contributed by atoms with E-state index in [9.17, 15) is 9.90 Å². The highest BCUT2D eigenvalue weighted by Gasteiger charge is 2.27. The lowest BCUT2D eigenvalue weighted by atomic mass is 10.2. The molecule has 0 saturated heterocycles. The van der Waals surface area contributed by atoms with Crippen LogP contribution in [0.25, 0.3) is 10.2 Å². The molecule has 0 unspecified atom stereocenters. The van der Waals surface area contributed by atoms with Crippen LogP contribution in [0.3, 0.4) is 0 Å². The van der Waals surface area contributed by atoms with E-state index >= 15 is 0 Å². The van der Waals surface area contributed by atoms with Crippen molar-refractivity contribution in [2.75, 3.05) is 11.4 Å². The van der Waals surface area contributed by atoms with Crippen molar-refractivity contribution >= 4 is 33.3 Å². The number of nitrogens with zero attached hydrogens (tertiary/aromatic N) is 3. The number of aliphatic carboxylic acids is 1. The van der Waals surface area contributed by atoms with Crippen LogP contribution in [0.2, 0.25) is 0 Å². The molecule has 1 aliphatic rings. The Morgan fingerprint density at radius 2 is 2.20 bits per heavy atom. The van der Waals surface area contributed by atoms with Gasteiger partial charge in [0.2, 0.25) is 0 Å². The van der Waals surface area contributed by atoms with Gasteiger partial charge in [0, 0.05) is 6.04 Å². The molecule has 0 aromatic carbocycles. The van der Waals surface area contributed by atoms with Gasteiger partial charge in [-0.15, -0.1) is 11.3 Å². The summed E-state index contributed by atoms with van der Waals surface area (Å²) >= 11 is 1.60. The first kappa shape index (κ1) is 13.3. The van der Waals surface area contributed by atoms with Crippen LogP contribution in [0.1, 0.15) is 31.2 Å². The topological polar surface area (TPSA) is 66.3 Å². The normalized spacial score (nSPS) is 15.8. The van der Waals surface area contributed by atoms with Gasteiger partial charge < -0.3 is 10.0 Å². The summed E-state index contributed by atoms with van der Waals surface area (Å²) in [7, 11) is 0. The highest BCUT2D eigenvalue weighted by atomic mass is 32.1. The number of hydrogen-bond acceptors (Lipinski definition) is 5. The van der Waals surface area contributed by atoms with Crippen LogP contribution in [-0.4, -0.2) is 33.6 Å². The van der Waals surface area contributed by atoms with Gasteiger partial charge in [0.15, 0.2) is 5.82 Å². The number of fused-ring (bicyclic) bond motifs is 1. The molecule has 0 radical (unpaired) electrons. The lowest BCUT2D eigenvalue weighted by Gasteiger charge is -2.28. The Kier molecular flexibility index (Phi) is 3.56. The van der Waals surface area contributed by atoms with Crippen LogP contribution < -0.4 is 4.90 Å². The first-order valence-corrected chi connectivity index (χ1v) is 7.72. The fourth-order valence-electron chi connectivity index (χ4n) is 2.90. The van der Waals surface area contributed by atoms with Crippen molar-refractivity contribution in [1.29, 1.82) is 0 Å². The summed E-state index contributed by atoms with van der Waals surface area (Å²) in [4.78, 5) is 21.8. The van der Waals surface area contributed by atoms with Crippen molar-refractivity contribution in [1.82, 2.24) is 9.97 Å². The minimum Gasteiger partial charge on any atom is -0.480 e. The molecule has 1 N–H and O–H groups in total. The molecule has 1 aliphatic carbocycles. The van der Waals surface area contributed by atoms with Gasteiger partial charge in [-0.05, 0) is 30.7 Å². The van der Waals surface area contributed by atoms with E-state index in [-0.39, 0.29) is 12.6 Å². The molecule has 2 aromatic rings. The Morgan fingerprint density at radius 3 is 2.90 bits per heavy atom. The Hall–Kier alpha value is -1.69. The summed E-state index contributed by atoms with van der Waals surface area (Å²) in [6.07, 6.45) is 5.96. The Bertz CT molecular complexity index is 634. The van der Waals surface area contributed by atoms with Crippen LogP contribution in [0.4, 0.5) is 5.82 Å². The molecule has 1 fully saturated rings. The summed E-state index contributed by atoms with van der Waals surface area (Å²) in [6.45, 7) is 2.03. The van der Waals surface area contributed by atoms with Crippen molar-refractivity contribution in [3.63, 3.8) is 0 Å². The number of carboxylic acid groups (broad SMARTS) is 1. The molecule has 6 heteroatoms. The summed E-state index contributed by atoms with van der Waals surface area (Å²) in [5, 5.41) is 11.3. The van der Waals surface area contributed by atoms with E-state index in [1.807, 2.05) is 11.8 Å². The number of carboxylic acids is 1. The number of aromatic nitrogens is 2. The van der Waals surface area contributed by atoms with Gasteiger partial charge in [-0.3, -0.25) is 4.79 Å². The lowest BCUT2D eigenvalue weighted by molar-refractivity contribution is -0.135. The summed E-state index contributed by atoms with van der Waals surface area (Å²) < 4.78 is 0.998. The summed E-state index contributed by atoms with van der Waals surface area (Å²) in [6, 6.07) is 0.284. The molecule has 20 heavy (non-hydrogen) atoms. The minimum atomic E-state index is -0.808. The average Bonchev–Trinajstić information content (AvgIpc) is 3.06. The predicted molar refractivity (Wildman–Crippen MR) is 79.4 cm³/mol. The van der Waals surface area contributed by atoms with Crippen LogP contribution in [-0.2, 0) is 4.79 Å². The fourth-order valence-corrected chi connectivity index (χ4v) is 3.91. The Balaban J connectivity index is 2.05. The SMILES string of the molecule is Cc1csc2c(N(CC(=O)O)C3CCCC3)ncnc12. The highest BCUT2D eigenvalue weighted by Crippen LogP contribution is 2.34. The molecule has 3 rings (SSSR count). The van der Waals surface area contributed by atoms with E-state index in [1.165, 1.54) is 12.8 Å². The maximum atomic E-state index is 11.2. The lowest BCUT2D eigenvalue weighted by Crippen LogP contribution is -2.38. The number of rotatable bonds is 4. The van der Waals surface area contributed by atoms with Crippen molar-refractivity contribution < 1.29 is 9.90 Å². The number of aryl methyl sites for hydroxylation is 1. The van der Waals surface area contributed by atoms with Gasteiger partial charge in [-0.2, -0.15) is 0 Å². The number of anilines is 1. The van der Waals surface area contributed by atoms with Crippen LogP contribution in [0.5, 0.6) is 0 Å². The van der Waals surface area contributed by atoms with E-state index in [4.69, 9.17) is 0 Å². The zero-order valence-corrected chi connectivity index (χ0v) is 12.2. The largest absolute Gasteiger partial charge is 0.480 e. The summed E-state index contributed by atoms with van der Waals surface area (Å²) in [5.41, 5.74) is 2.06. The van der Waals surface area contributed by atoms with E-state index in [0.717, 1.165) is 34.4 Å². The summed E-state index contributed by atoms with van der Waals surface area (Å²) in [5.74, 6) is -0.0284. The fraction of sp³-hybridized carbons (Fsp3) is 0.500. The third-order valence-corrected chi connectivity index (χ3v) is 4.94. The maximum absolute atomic E-state index is 11.2. The molecule has 2 aromatic heterocycles. The number of carbonyl (C=O) groups is 1. The molecule has 1 saturated carbocycles. The van der Waals surface area contributed by atoms with Gasteiger partial charge in [-0.25, -0.2) is 9.97 Å². The zero-order chi connectivity index (χ0) is 14.1. The zero-order valence-electron chi connectivity index (χ0n) is 11.4. The Morgan fingerprint density at radius 1 is 1.45 bits per heavy atom. The minimum absolute atomic E-state index is 0.00767. The molecule has 5 nitrogen and oxygen atoms in total. The third-order valence-electron chi connectivity index (χ3n) is 3.86. The van der Waals surface area contributed by atoms with Crippen molar-refractivity contribution in [2.45, 2.75) is 38.6 Å². The maximum Gasteiger partial charge on any atom is 0.323 e. The molecule has 2 heterocycles. The molecule has 0 aliphatic heterocycles. The first-order valence-electron chi connectivity index (χ1n) is 6.84. The standard InChI is InChI=1S/C14H17N3O2S/c1-9-7-20-13-12(9)15-8-16-14(13)17(6-11(18)19)10-4-2-3-5-10/h7-8,10H,2-6H2,1H3,(H,18,19). The number of thiophene rings is 1. The monoisotopic (exact) mass is 291 g/mol. The van der Waals surface area contributed by atoms with Crippen LogP contribution in [0, 0.1) is 6.92 Å². The van der Waals surface area contributed by atoms with E-state index < -0.39 is 5.97 Å². The quantitative estimate of drug-likeness (QED) is 0.938. The van der Waals surface area contributed by atoms with E-state index in [2.05, 4.69) is 15.3 Å². The molecule has 0 spiro atoms.